The van der Waals surface area contributed by atoms with Crippen LogP contribution in [-0.4, -0.2) is 40.5 Å². The Morgan fingerprint density at radius 1 is 0.932 bits per heavy atom. The molecule has 44 heavy (non-hydrogen) atoms. The summed E-state index contributed by atoms with van der Waals surface area (Å²) in [5.74, 6) is 0.397. The molecule has 1 atom stereocenters. The second kappa shape index (κ2) is 11.5. The minimum atomic E-state index is -0.861. The third kappa shape index (κ3) is 4.75. The molecule has 0 bridgehead atoms. The van der Waals surface area contributed by atoms with Crippen LogP contribution in [0, 0.1) is 0 Å². The van der Waals surface area contributed by atoms with Crippen LogP contribution in [0.25, 0.3) is 22.8 Å². The van der Waals surface area contributed by atoms with Crippen LogP contribution >= 0.6 is 11.3 Å². The lowest BCUT2D eigenvalue weighted by atomic mass is 9.93. The molecule has 0 aliphatic carbocycles. The number of aryl methyl sites for hydroxylation is 2. The van der Waals surface area contributed by atoms with E-state index in [2.05, 4.69) is 0 Å². The molecular weight excluding hydrogens is 580 g/mol. The maximum Gasteiger partial charge on any atom is 0.338 e. The molecule has 6 rings (SSSR count). The first kappa shape index (κ1) is 28.9. The number of ether oxygens (including phenoxy) is 3. The molecule has 1 aliphatic rings. The highest BCUT2D eigenvalue weighted by molar-refractivity contribution is 7.07. The Morgan fingerprint density at radius 2 is 1.66 bits per heavy atom. The van der Waals surface area contributed by atoms with Crippen molar-refractivity contribution in [2.45, 2.75) is 13.0 Å². The second-order valence-corrected chi connectivity index (χ2v) is 11.2. The Balaban J connectivity index is 1.64. The van der Waals surface area contributed by atoms with Crippen LogP contribution < -0.4 is 30.1 Å². The quantitative estimate of drug-likeness (QED) is 0.262. The van der Waals surface area contributed by atoms with Gasteiger partial charge in [0, 0.05) is 19.7 Å². The van der Waals surface area contributed by atoms with Gasteiger partial charge in [0.1, 0.15) is 0 Å². The summed E-state index contributed by atoms with van der Waals surface area (Å²) in [7, 11) is 6.52. The van der Waals surface area contributed by atoms with Crippen molar-refractivity contribution in [3.05, 3.63) is 119 Å². The van der Waals surface area contributed by atoms with Crippen LogP contribution in [-0.2, 0) is 23.6 Å². The van der Waals surface area contributed by atoms with E-state index in [0.717, 1.165) is 16.6 Å². The van der Waals surface area contributed by atoms with Crippen molar-refractivity contribution in [2.75, 3.05) is 20.8 Å². The van der Waals surface area contributed by atoms with Gasteiger partial charge in [-0.25, -0.2) is 14.6 Å². The highest BCUT2D eigenvalue weighted by Gasteiger charge is 2.35. The van der Waals surface area contributed by atoms with Crippen LogP contribution in [0.1, 0.15) is 29.7 Å². The molecule has 2 aromatic heterocycles. The van der Waals surface area contributed by atoms with Crippen LogP contribution in [0.4, 0.5) is 0 Å². The van der Waals surface area contributed by atoms with Gasteiger partial charge in [0.05, 0.1) is 53.7 Å². The highest BCUT2D eigenvalue weighted by atomic mass is 32.1. The summed E-state index contributed by atoms with van der Waals surface area (Å²) >= 11 is 1.23. The van der Waals surface area contributed by atoms with E-state index in [1.807, 2.05) is 48.5 Å². The molecule has 3 aromatic carbocycles. The van der Waals surface area contributed by atoms with Gasteiger partial charge in [-0.15, -0.1) is 0 Å². The number of carbonyl (C=O) groups is 1. The molecule has 3 heterocycles. The molecule has 0 saturated carbocycles. The molecule has 10 nitrogen and oxygen atoms in total. The Hall–Kier alpha value is -5.16. The van der Waals surface area contributed by atoms with Gasteiger partial charge in [0.25, 0.3) is 5.56 Å². The van der Waals surface area contributed by atoms with Crippen molar-refractivity contribution in [1.29, 1.82) is 0 Å². The third-order valence-corrected chi connectivity index (χ3v) is 8.67. The predicted octanol–water partition coefficient (Wildman–Crippen LogP) is 3.14. The van der Waals surface area contributed by atoms with Crippen molar-refractivity contribution in [3.63, 3.8) is 0 Å². The van der Waals surface area contributed by atoms with E-state index >= 15 is 0 Å². The number of aromatic nitrogens is 3. The molecule has 0 saturated heterocycles. The summed E-state index contributed by atoms with van der Waals surface area (Å²) in [6.07, 6.45) is 1.78. The fourth-order valence-corrected chi connectivity index (χ4v) is 6.54. The molecule has 0 spiro atoms. The normalized spacial score (nSPS) is 14.8. The number of carbonyl (C=O) groups excluding carboxylic acids is 1. The Bertz CT molecular complexity index is 2200. The molecular formula is C33H30N4O6S. The topological polar surface area (TPSA) is 106 Å². The van der Waals surface area contributed by atoms with Gasteiger partial charge in [-0.2, -0.15) is 0 Å². The van der Waals surface area contributed by atoms with Gasteiger partial charge in [0.15, 0.2) is 16.3 Å². The van der Waals surface area contributed by atoms with Crippen LogP contribution in [0.15, 0.2) is 86.9 Å². The molecule has 0 amide bonds. The third-order valence-electron chi connectivity index (χ3n) is 7.69. The first-order valence-electron chi connectivity index (χ1n) is 13.9. The number of benzene rings is 3. The van der Waals surface area contributed by atoms with Crippen molar-refractivity contribution in [3.8, 4) is 11.5 Å². The maximum absolute atomic E-state index is 14.2. The summed E-state index contributed by atoms with van der Waals surface area (Å²) < 4.78 is 21.7. The number of imidazole rings is 1. The van der Waals surface area contributed by atoms with E-state index in [1.54, 1.807) is 61.5 Å². The molecule has 1 aliphatic heterocycles. The van der Waals surface area contributed by atoms with E-state index in [4.69, 9.17) is 19.2 Å². The molecule has 0 unspecified atom stereocenters. The molecule has 5 aromatic rings. The maximum atomic E-state index is 14.2. The number of fused-ring (bicyclic) bond motifs is 2. The Kier molecular flexibility index (Phi) is 7.56. The predicted molar refractivity (Wildman–Crippen MR) is 169 cm³/mol. The summed E-state index contributed by atoms with van der Waals surface area (Å²) in [4.78, 5) is 45.7. The fourth-order valence-electron chi connectivity index (χ4n) is 5.54. The zero-order valence-electron chi connectivity index (χ0n) is 24.9. The van der Waals surface area contributed by atoms with Crippen molar-refractivity contribution in [1.82, 2.24) is 13.7 Å². The summed E-state index contributed by atoms with van der Waals surface area (Å²) in [6.45, 7) is 1.89. The van der Waals surface area contributed by atoms with E-state index in [-0.39, 0.29) is 23.4 Å². The smallest absolute Gasteiger partial charge is 0.338 e. The first-order chi connectivity index (χ1) is 21.3. The van der Waals surface area contributed by atoms with Crippen molar-refractivity contribution in [2.24, 2.45) is 19.1 Å². The number of hydrogen-bond acceptors (Lipinski definition) is 8. The highest BCUT2D eigenvalue weighted by Crippen LogP contribution is 2.38. The molecule has 224 valence electrons. The molecule has 0 radical (unpaired) electrons. The zero-order chi connectivity index (χ0) is 31.1. The van der Waals surface area contributed by atoms with E-state index in [0.29, 0.717) is 37.7 Å². The van der Waals surface area contributed by atoms with Crippen LogP contribution in [0.3, 0.4) is 0 Å². The van der Waals surface area contributed by atoms with E-state index in [9.17, 15) is 14.4 Å². The number of nitrogens with zero attached hydrogens (tertiary/aromatic N) is 4. The first-order valence-corrected chi connectivity index (χ1v) is 14.7. The number of esters is 1. The lowest BCUT2D eigenvalue weighted by Gasteiger charge is -2.26. The van der Waals surface area contributed by atoms with Gasteiger partial charge >= 0.3 is 11.7 Å². The number of methoxy groups -OCH3 is 2. The van der Waals surface area contributed by atoms with Gasteiger partial charge < -0.3 is 14.2 Å². The van der Waals surface area contributed by atoms with Gasteiger partial charge in [-0.3, -0.25) is 18.5 Å². The zero-order valence-corrected chi connectivity index (χ0v) is 25.7. The van der Waals surface area contributed by atoms with Crippen LogP contribution in [0.2, 0.25) is 0 Å². The van der Waals surface area contributed by atoms with Gasteiger partial charge in [-0.05, 0) is 48.4 Å². The monoisotopic (exact) mass is 610 g/mol. The second-order valence-electron chi connectivity index (χ2n) is 10.2. The van der Waals surface area contributed by atoms with Gasteiger partial charge in [0.2, 0.25) is 0 Å². The molecule has 0 N–H and O–H groups in total. The van der Waals surface area contributed by atoms with Crippen molar-refractivity contribution >= 4 is 40.1 Å². The summed E-state index contributed by atoms with van der Waals surface area (Å²) in [5.41, 5.74) is 3.85. The summed E-state index contributed by atoms with van der Waals surface area (Å²) in [5, 5.41) is 0. The largest absolute Gasteiger partial charge is 0.493 e. The van der Waals surface area contributed by atoms with E-state index < -0.39 is 12.0 Å². The fraction of sp³-hybridized carbons (Fsp3) is 0.212. The molecule has 11 heteroatoms. The summed E-state index contributed by atoms with van der Waals surface area (Å²) in [6, 6.07) is 19.4. The SMILES string of the molecule is CCOC(=O)C1=C(c2ccccc2)N=c2s/c(=C/c3ccc4c(c3)n(C)c(=O)n4C)c(=O)n2[C@@H]1c1ccc(OC)c(OC)c1. The van der Waals surface area contributed by atoms with E-state index in [1.165, 1.54) is 23.0 Å². The average Bonchev–Trinajstić information content (AvgIpc) is 3.47. The minimum absolute atomic E-state index is 0.133. The van der Waals surface area contributed by atoms with Crippen molar-refractivity contribution < 1.29 is 19.0 Å². The lowest BCUT2D eigenvalue weighted by Crippen LogP contribution is -2.40. The van der Waals surface area contributed by atoms with Crippen LogP contribution in [0.5, 0.6) is 11.5 Å². The number of thiazole rings is 1. The standard InChI is InChI=1S/C33H30N4O6S/c1-6-43-31(39)27-28(20-10-8-7-9-11-20)34-32-37(29(27)21-13-15-24(41-4)25(18-21)42-5)30(38)26(44-32)17-19-12-14-22-23(16-19)36(3)33(40)35(22)2/h7-18,29H,6H2,1-5H3/b26-17+/t29-/m1/s1. The Labute approximate surface area is 256 Å². The number of hydrogen-bond donors (Lipinski definition) is 0. The minimum Gasteiger partial charge on any atom is -0.493 e. The molecule has 0 fully saturated rings. The average molecular weight is 611 g/mol. The van der Waals surface area contributed by atoms with Gasteiger partial charge in [-0.1, -0.05) is 53.8 Å². The lowest BCUT2D eigenvalue weighted by molar-refractivity contribution is -0.138. The Morgan fingerprint density at radius 3 is 2.36 bits per heavy atom. The number of rotatable bonds is 7.